The lowest BCUT2D eigenvalue weighted by atomic mass is 10.0. The number of hydrogen-bond donors (Lipinski definition) is 1. The van der Waals surface area contributed by atoms with Crippen molar-refractivity contribution in [2.75, 3.05) is 16.2 Å². The van der Waals surface area contributed by atoms with E-state index in [9.17, 15) is 17.6 Å². The van der Waals surface area contributed by atoms with Crippen LogP contribution >= 0.6 is 0 Å². The van der Waals surface area contributed by atoms with Crippen LogP contribution in [0.4, 0.5) is 15.8 Å². The van der Waals surface area contributed by atoms with Crippen molar-refractivity contribution in [2.24, 2.45) is 0 Å². The van der Waals surface area contributed by atoms with Gasteiger partial charge in [0.1, 0.15) is 5.82 Å². The first-order valence-electron chi connectivity index (χ1n) is 8.04. The largest absolute Gasteiger partial charge is 0.312 e. The zero-order valence-electron chi connectivity index (χ0n) is 14.0. The monoisotopic (exact) mass is 362 g/mol. The third-order valence-electron chi connectivity index (χ3n) is 4.27. The average Bonchev–Trinajstić information content (AvgIpc) is 2.54. The van der Waals surface area contributed by atoms with Crippen LogP contribution in [0.5, 0.6) is 0 Å². The fourth-order valence-electron chi connectivity index (χ4n) is 3.09. The Labute approximate surface area is 146 Å². The van der Waals surface area contributed by atoms with Crippen LogP contribution in [0.15, 0.2) is 41.3 Å². The number of benzene rings is 2. The highest BCUT2D eigenvalue weighted by molar-refractivity contribution is 7.92. The third kappa shape index (κ3) is 3.37. The molecule has 25 heavy (non-hydrogen) atoms. The number of nitrogens with zero attached hydrogens (tertiary/aromatic N) is 1. The zero-order valence-corrected chi connectivity index (χ0v) is 14.9. The van der Waals surface area contributed by atoms with Crippen LogP contribution in [0.3, 0.4) is 0 Å². The molecule has 0 fully saturated rings. The first-order valence-corrected chi connectivity index (χ1v) is 9.52. The molecule has 0 aliphatic carbocycles. The van der Waals surface area contributed by atoms with Gasteiger partial charge < -0.3 is 4.90 Å². The number of hydrogen-bond acceptors (Lipinski definition) is 3. The summed E-state index contributed by atoms with van der Waals surface area (Å²) in [6.45, 7) is 4.03. The standard InChI is InChI=1S/C18H19FN2O3S/c1-3-21-16-7-6-15(11-13(16)4-9-18(21)22)20-25(23,24)17-8-5-14(19)10-12(17)2/h5-8,10-11,20H,3-4,9H2,1-2H3. The number of nitrogens with one attached hydrogen (secondary N) is 1. The lowest BCUT2D eigenvalue weighted by molar-refractivity contribution is -0.118. The summed E-state index contributed by atoms with van der Waals surface area (Å²) in [6, 6.07) is 8.71. The van der Waals surface area contributed by atoms with E-state index in [-0.39, 0.29) is 10.8 Å². The summed E-state index contributed by atoms with van der Waals surface area (Å²) in [4.78, 5) is 13.7. The molecule has 1 aliphatic rings. The molecule has 0 aromatic heterocycles. The maximum Gasteiger partial charge on any atom is 0.262 e. The molecule has 2 aromatic carbocycles. The van der Waals surface area contributed by atoms with Gasteiger partial charge in [0.25, 0.3) is 10.0 Å². The quantitative estimate of drug-likeness (QED) is 0.908. The summed E-state index contributed by atoms with van der Waals surface area (Å²) >= 11 is 0. The molecular weight excluding hydrogens is 343 g/mol. The van der Waals surface area contributed by atoms with E-state index in [0.717, 1.165) is 17.3 Å². The van der Waals surface area contributed by atoms with E-state index >= 15 is 0 Å². The van der Waals surface area contributed by atoms with Crippen LogP contribution in [0.1, 0.15) is 24.5 Å². The summed E-state index contributed by atoms with van der Waals surface area (Å²) in [7, 11) is -3.81. The van der Waals surface area contributed by atoms with Crippen molar-refractivity contribution in [3.05, 3.63) is 53.3 Å². The van der Waals surface area contributed by atoms with Gasteiger partial charge in [-0.3, -0.25) is 9.52 Å². The highest BCUT2D eigenvalue weighted by Crippen LogP contribution is 2.31. The average molecular weight is 362 g/mol. The Morgan fingerprint density at radius 3 is 2.60 bits per heavy atom. The molecule has 1 aliphatic heterocycles. The summed E-state index contributed by atoms with van der Waals surface area (Å²) in [5, 5.41) is 0. The van der Waals surface area contributed by atoms with Gasteiger partial charge in [-0.15, -0.1) is 0 Å². The summed E-state index contributed by atoms with van der Waals surface area (Å²) in [5.74, 6) is -0.403. The van der Waals surface area contributed by atoms with Gasteiger partial charge in [0.2, 0.25) is 5.91 Å². The van der Waals surface area contributed by atoms with E-state index in [1.165, 1.54) is 12.1 Å². The SMILES string of the molecule is CCN1C(=O)CCc2cc(NS(=O)(=O)c3ccc(F)cc3C)ccc21. The molecule has 0 saturated carbocycles. The molecule has 3 rings (SSSR count). The number of aryl methyl sites for hydroxylation is 2. The maximum atomic E-state index is 13.2. The molecular formula is C18H19FN2O3S. The van der Waals surface area contributed by atoms with E-state index in [2.05, 4.69) is 4.72 Å². The summed E-state index contributed by atoms with van der Waals surface area (Å²) < 4.78 is 40.9. The van der Waals surface area contributed by atoms with Crippen molar-refractivity contribution in [1.29, 1.82) is 0 Å². The van der Waals surface area contributed by atoms with Crippen LogP contribution in [-0.4, -0.2) is 20.9 Å². The van der Waals surface area contributed by atoms with E-state index in [4.69, 9.17) is 0 Å². The first-order chi connectivity index (χ1) is 11.8. The second-order valence-electron chi connectivity index (χ2n) is 6.00. The second-order valence-corrected chi connectivity index (χ2v) is 7.65. The Morgan fingerprint density at radius 1 is 1.16 bits per heavy atom. The zero-order chi connectivity index (χ0) is 18.2. The molecule has 0 saturated heterocycles. The Kier molecular flexibility index (Phi) is 4.51. The predicted molar refractivity (Wildman–Crippen MR) is 94.7 cm³/mol. The van der Waals surface area contributed by atoms with Crippen molar-refractivity contribution in [2.45, 2.75) is 31.6 Å². The van der Waals surface area contributed by atoms with E-state index < -0.39 is 15.8 Å². The number of fused-ring (bicyclic) bond motifs is 1. The van der Waals surface area contributed by atoms with E-state index in [0.29, 0.717) is 30.6 Å². The summed E-state index contributed by atoms with van der Waals surface area (Å²) in [5.41, 5.74) is 2.51. The maximum absolute atomic E-state index is 13.2. The Balaban J connectivity index is 1.92. The van der Waals surface area contributed by atoms with Crippen molar-refractivity contribution in [3.63, 3.8) is 0 Å². The molecule has 132 valence electrons. The minimum atomic E-state index is -3.81. The Morgan fingerprint density at radius 2 is 1.92 bits per heavy atom. The summed E-state index contributed by atoms with van der Waals surface area (Å²) in [6.07, 6.45) is 0.990. The van der Waals surface area contributed by atoms with Crippen molar-refractivity contribution in [1.82, 2.24) is 0 Å². The van der Waals surface area contributed by atoms with Crippen molar-refractivity contribution >= 4 is 27.3 Å². The second kappa shape index (κ2) is 6.48. The molecule has 7 heteroatoms. The van der Waals surface area contributed by atoms with Gasteiger partial charge in [0.05, 0.1) is 4.90 Å². The Bertz CT molecular complexity index is 941. The fraction of sp³-hybridized carbons (Fsp3) is 0.278. The highest BCUT2D eigenvalue weighted by Gasteiger charge is 2.24. The normalized spacial score (nSPS) is 14.4. The minimum Gasteiger partial charge on any atom is -0.312 e. The lowest BCUT2D eigenvalue weighted by Gasteiger charge is -2.28. The smallest absolute Gasteiger partial charge is 0.262 e. The first kappa shape index (κ1) is 17.4. The van der Waals surface area contributed by atoms with Gasteiger partial charge in [0, 0.05) is 24.3 Å². The highest BCUT2D eigenvalue weighted by atomic mass is 32.2. The molecule has 0 spiro atoms. The van der Waals surface area contributed by atoms with Crippen LogP contribution in [-0.2, 0) is 21.2 Å². The van der Waals surface area contributed by atoms with Gasteiger partial charge in [-0.2, -0.15) is 0 Å². The third-order valence-corrected chi connectivity index (χ3v) is 5.82. The molecule has 5 nitrogen and oxygen atoms in total. The number of halogens is 1. The number of sulfonamides is 1. The molecule has 0 unspecified atom stereocenters. The number of carbonyl (C=O) groups excluding carboxylic acids is 1. The van der Waals surface area contributed by atoms with Crippen LogP contribution < -0.4 is 9.62 Å². The number of anilines is 2. The topological polar surface area (TPSA) is 66.5 Å². The Hall–Kier alpha value is -2.41. The minimum absolute atomic E-state index is 0.0389. The molecule has 0 atom stereocenters. The van der Waals surface area contributed by atoms with Crippen LogP contribution in [0, 0.1) is 12.7 Å². The van der Waals surface area contributed by atoms with Gasteiger partial charge in [-0.1, -0.05) is 0 Å². The molecule has 0 radical (unpaired) electrons. The molecule has 1 amide bonds. The molecule has 1 N–H and O–H groups in total. The van der Waals surface area contributed by atoms with Crippen LogP contribution in [0.25, 0.3) is 0 Å². The van der Waals surface area contributed by atoms with Gasteiger partial charge in [0.15, 0.2) is 0 Å². The molecule has 2 aromatic rings. The van der Waals surface area contributed by atoms with Gasteiger partial charge in [-0.25, -0.2) is 12.8 Å². The van der Waals surface area contributed by atoms with E-state index in [1.54, 1.807) is 30.0 Å². The fourth-order valence-corrected chi connectivity index (χ4v) is 4.37. The number of rotatable bonds is 4. The van der Waals surface area contributed by atoms with E-state index in [1.807, 2.05) is 6.92 Å². The molecule has 0 bridgehead atoms. The van der Waals surface area contributed by atoms with Crippen molar-refractivity contribution < 1.29 is 17.6 Å². The van der Waals surface area contributed by atoms with Gasteiger partial charge in [-0.05, 0) is 67.8 Å². The molecule has 1 heterocycles. The lowest BCUT2D eigenvalue weighted by Crippen LogP contribution is -2.34. The van der Waals surface area contributed by atoms with Crippen LogP contribution in [0.2, 0.25) is 0 Å². The predicted octanol–water partition coefficient (Wildman–Crippen LogP) is 3.23. The number of carbonyl (C=O) groups is 1. The van der Waals surface area contributed by atoms with Crippen molar-refractivity contribution in [3.8, 4) is 0 Å². The number of amides is 1. The van der Waals surface area contributed by atoms with Gasteiger partial charge >= 0.3 is 0 Å².